The summed E-state index contributed by atoms with van der Waals surface area (Å²) in [5, 5.41) is 24.5. The van der Waals surface area contributed by atoms with Crippen LogP contribution in [0.15, 0.2) is 34.6 Å². The average molecular weight is 204 g/mol. The highest BCUT2D eigenvalue weighted by atomic mass is 16.4. The zero-order valence-corrected chi connectivity index (χ0v) is 8.11. The molecule has 0 saturated heterocycles. The van der Waals surface area contributed by atoms with Crippen LogP contribution in [0.5, 0.6) is 0 Å². The summed E-state index contributed by atoms with van der Waals surface area (Å²) in [6.07, 6.45) is 8.93. The Morgan fingerprint density at radius 3 is 1.80 bits per heavy atom. The van der Waals surface area contributed by atoms with Gasteiger partial charge in [0.1, 0.15) is 0 Å². The van der Waals surface area contributed by atoms with Crippen molar-refractivity contribution in [2.24, 2.45) is 34.0 Å². The van der Waals surface area contributed by atoms with Crippen LogP contribution in [0.1, 0.15) is 6.42 Å². The molecular formula is C11H12N2O2. The molecule has 0 aliphatic heterocycles. The molecule has 3 aliphatic rings. The van der Waals surface area contributed by atoms with Crippen molar-refractivity contribution in [3.63, 3.8) is 0 Å². The molecular weight excluding hydrogens is 192 g/mol. The smallest absolute Gasteiger partial charge is 0.0840 e. The summed E-state index contributed by atoms with van der Waals surface area (Å²) in [5.74, 6) is 1.27. The van der Waals surface area contributed by atoms with Crippen molar-refractivity contribution < 1.29 is 10.4 Å². The molecule has 0 heterocycles. The molecule has 0 spiro atoms. The minimum atomic E-state index is 0.195. The van der Waals surface area contributed by atoms with Crippen LogP contribution in [0.3, 0.4) is 0 Å². The molecule has 0 aromatic heterocycles. The summed E-state index contributed by atoms with van der Waals surface area (Å²) in [7, 11) is 0. The van der Waals surface area contributed by atoms with Crippen LogP contribution < -0.4 is 0 Å². The van der Waals surface area contributed by atoms with Gasteiger partial charge in [-0.2, -0.15) is 0 Å². The van der Waals surface area contributed by atoms with Gasteiger partial charge in [0, 0.05) is 11.8 Å². The summed E-state index contributed by atoms with van der Waals surface area (Å²) >= 11 is 0. The third-order valence-electron chi connectivity index (χ3n) is 3.80. The predicted octanol–water partition coefficient (Wildman–Crippen LogP) is 1.65. The van der Waals surface area contributed by atoms with Gasteiger partial charge in [-0.1, -0.05) is 22.5 Å². The number of rotatable bonds is 0. The Morgan fingerprint density at radius 1 is 0.933 bits per heavy atom. The van der Waals surface area contributed by atoms with E-state index in [1.165, 1.54) is 0 Å². The molecule has 3 aliphatic carbocycles. The van der Waals surface area contributed by atoms with Crippen LogP contribution in [0.25, 0.3) is 0 Å². The van der Waals surface area contributed by atoms with Gasteiger partial charge < -0.3 is 10.4 Å². The summed E-state index contributed by atoms with van der Waals surface area (Å²) in [6, 6.07) is 0. The summed E-state index contributed by atoms with van der Waals surface area (Å²) in [6.45, 7) is 0. The van der Waals surface area contributed by atoms with E-state index >= 15 is 0 Å². The van der Waals surface area contributed by atoms with Gasteiger partial charge in [0.05, 0.1) is 11.4 Å². The summed E-state index contributed by atoms with van der Waals surface area (Å²) in [4.78, 5) is 0. The molecule has 3 rings (SSSR count). The molecule has 2 bridgehead atoms. The number of hydrogen-bond acceptors (Lipinski definition) is 4. The largest absolute Gasteiger partial charge is 0.411 e. The van der Waals surface area contributed by atoms with Crippen molar-refractivity contribution in [3.8, 4) is 0 Å². The van der Waals surface area contributed by atoms with Crippen molar-refractivity contribution in [3.05, 3.63) is 24.3 Å². The van der Waals surface area contributed by atoms with E-state index < -0.39 is 0 Å². The Balaban J connectivity index is 2.09. The lowest BCUT2D eigenvalue weighted by molar-refractivity contribution is 0.304. The normalized spacial score (nSPS) is 46.7. The second-order valence-corrected chi connectivity index (χ2v) is 4.38. The molecule has 4 nitrogen and oxygen atoms in total. The first kappa shape index (κ1) is 8.71. The molecule has 4 unspecified atom stereocenters. The molecule has 1 saturated carbocycles. The molecule has 2 N–H and O–H groups in total. The van der Waals surface area contributed by atoms with Gasteiger partial charge in [-0.05, 0) is 30.4 Å². The van der Waals surface area contributed by atoms with Crippen molar-refractivity contribution in [2.45, 2.75) is 6.42 Å². The first-order valence-corrected chi connectivity index (χ1v) is 5.15. The van der Waals surface area contributed by atoms with Crippen molar-refractivity contribution in [1.82, 2.24) is 0 Å². The first-order chi connectivity index (χ1) is 7.35. The second-order valence-electron chi connectivity index (χ2n) is 4.38. The van der Waals surface area contributed by atoms with Gasteiger partial charge in [0.2, 0.25) is 0 Å². The van der Waals surface area contributed by atoms with Crippen LogP contribution in [0.4, 0.5) is 0 Å². The highest BCUT2D eigenvalue weighted by Gasteiger charge is 2.49. The first-order valence-electron chi connectivity index (χ1n) is 5.15. The molecule has 1 fully saturated rings. The fraction of sp³-hybridized carbons (Fsp3) is 0.455. The molecule has 4 atom stereocenters. The summed E-state index contributed by atoms with van der Waals surface area (Å²) in [5.41, 5.74) is 1.42. The number of hydrogen-bond donors (Lipinski definition) is 2. The van der Waals surface area contributed by atoms with Crippen LogP contribution in [-0.2, 0) is 0 Å². The highest BCUT2D eigenvalue weighted by molar-refractivity contribution is 6.12. The molecule has 4 heteroatoms. The van der Waals surface area contributed by atoms with Gasteiger partial charge in [-0.25, -0.2) is 0 Å². The zero-order chi connectivity index (χ0) is 10.4. The SMILES string of the molecule is O/N=C1C=C/C(=N\O)C2C3C=CC(C3)C\12. The third kappa shape index (κ3) is 1.02. The van der Waals surface area contributed by atoms with Gasteiger partial charge in [-0.3, -0.25) is 0 Å². The van der Waals surface area contributed by atoms with Gasteiger partial charge >= 0.3 is 0 Å². The fourth-order valence-corrected chi connectivity index (χ4v) is 3.22. The van der Waals surface area contributed by atoms with Gasteiger partial charge in [0.25, 0.3) is 0 Å². The topological polar surface area (TPSA) is 65.2 Å². The van der Waals surface area contributed by atoms with E-state index in [1.54, 1.807) is 12.2 Å². The van der Waals surface area contributed by atoms with E-state index in [2.05, 4.69) is 22.5 Å². The second kappa shape index (κ2) is 2.95. The lowest BCUT2D eigenvalue weighted by Gasteiger charge is -2.29. The lowest BCUT2D eigenvalue weighted by Crippen LogP contribution is -2.35. The standard InChI is InChI=1S/C11H12N2O2/c14-12-8-3-4-9(13-15)11-7-2-1-6(5-7)10(8)11/h1-4,6-7,10-11,14-15H,5H2/b12-8+,13-9+. The number of nitrogens with zero attached hydrogens (tertiary/aromatic N) is 2. The zero-order valence-electron chi connectivity index (χ0n) is 8.11. The minimum absolute atomic E-state index is 0.195. The Labute approximate surface area is 87.3 Å². The summed E-state index contributed by atoms with van der Waals surface area (Å²) < 4.78 is 0. The predicted molar refractivity (Wildman–Crippen MR) is 55.3 cm³/mol. The van der Waals surface area contributed by atoms with Crippen LogP contribution in [-0.4, -0.2) is 21.8 Å². The van der Waals surface area contributed by atoms with Crippen LogP contribution >= 0.6 is 0 Å². The molecule has 15 heavy (non-hydrogen) atoms. The van der Waals surface area contributed by atoms with E-state index in [0.717, 1.165) is 6.42 Å². The van der Waals surface area contributed by atoms with Crippen molar-refractivity contribution >= 4 is 11.4 Å². The molecule has 0 radical (unpaired) electrons. The lowest BCUT2D eigenvalue weighted by atomic mass is 9.74. The van der Waals surface area contributed by atoms with E-state index in [-0.39, 0.29) is 11.8 Å². The quantitative estimate of drug-likeness (QED) is 0.358. The Morgan fingerprint density at radius 2 is 1.40 bits per heavy atom. The molecule has 0 amide bonds. The monoisotopic (exact) mass is 204 g/mol. The average Bonchev–Trinajstić information content (AvgIpc) is 2.88. The maximum Gasteiger partial charge on any atom is 0.0840 e. The number of allylic oxidation sites excluding steroid dienone is 4. The maximum absolute atomic E-state index is 8.94. The molecule has 78 valence electrons. The van der Waals surface area contributed by atoms with Crippen LogP contribution in [0, 0.1) is 23.7 Å². The third-order valence-corrected chi connectivity index (χ3v) is 3.80. The van der Waals surface area contributed by atoms with Crippen LogP contribution in [0.2, 0.25) is 0 Å². The maximum atomic E-state index is 8.94. The van der Waals surface area contributed by atoms with E-state index in [0.29, 0.717) is 23.3 Å². The fourth-order valence-electron chi connectivity index (χ4n) is 3.22. The minimum Gasteiger partial charge on any atom is -0.411 e. The molecule has 0 aromatic carbocycles. The van der Waals surface area contributed by atoms with Gasteiger partial charge in [0.15, 0.2) is 0 Å². The van der Waals surface area contributed by atoms with Gasteiger partial charge in [-0.15, -0.1) is 0 Å². The van der Waals surface area contributed by atoms with Crippen molar-refractivity contribution in [2.75, 3.05) is 0 Å². The Hall–Kier alpha value is -1.58. The highest BCUT2D eigenvalue weighted by Crippen LogP contribution is 2.50. The Bertz CT molecular complexity index is 373. The van der Waals surface area contributed by atoms with E-state index in [9.17, 15) is 0 Å². The Kier molecular flexibility index (Phi) is 1.71. The van der Waals surface area contributed by atoms with Crippen molar-refractivity contribution in [1.29, 1.82) is 0 Å². The molecule has 0 aromatic rings. The number of fused-ring (bicyclic) bond motifs is 5. The van der Waals surface area contributed by atoms with E-state index in [4.69, 9.17) is 10.4 Å². The number of oxime groups is 2. The van der Waals surface area contributed by atoms with E-state index in [1.807, 2.05) is 0 Å².